The molecule has 0 aliphatic heterocycles. The lowest BCUT2D eigenvalue weighted by Crippen LogP contribution is -2.30. The van der Waals surface area contributed by atoms with Crippen LogP contribution in [-0.2, 0) is 28.6 Å². The largest absolute Gasteiger partial charge is 0.462 e. The maximum atomic E-state index is 12.6. The third-order valence-corrected chi connectivity index (χ3v) is 12.1. The Balaban J connectivity index is 3.79. The number of unbranched alkanes of at least 4 members (excludes halogenated alkanes) is 31. The highest BCUT2D eigenvalue weighted by Crippen LogP contribution is 2.17. The first-order chi connectivity index (χ1) is 31.5. The van der Waals surface area contributed by atoms with Gasteiger partial charge in [0, 0.05) is 19.3 Å². The van der Waals surface area contributed by atoms with Crippen LogP contribution in [0.15, 0.2) is 48.6 Å². The van der Waals surface area contributed by atoms with Gasteiger partial charge in [-0.3, -0.25) is 14.4 Å². The Labute approximate surface area is 397 Å². The van der Waals surface area contributed by atoms with Crippen molar-refractivity contribution >= 4 is 17.9 Å². The highest BCUT2D eigenvalue weighted by atomic mass is 16.6. The molecule has 0 saturated heterocycles. The number of carbonyl (C=O) groups excluding carboxylic acids is 3. The lowest BCUT2D eigenvalue weighted by Gasteiger charge is -2.18. The molecule has 0 spiro atoms. The van der Waals surface area contributed by atoms with E-state index in [1.165, 1.54) is 154 Å². The highest BCUT2D eigenvalue weighted by Gasteiger charge is 2.19. The number of allylic oxidation sites excluding steroid dienone is 8. The van der Waals surface area contributed by atoms with Crippen LogP contribution in [0, 0.1) is 0 Å². The molecule has 1 atom stereocenters. The fourth-order valence-corrected chi connectivity index (χ4v) is 7.96. The predicted molar refractivity (Wildman–Crippen MR) is 275 cm³/mol. The summed E-state index contributed by atoms with van der Waals surface area (Å²) >= 11 is 0. The van der Waals surface area contributed by atoms with Crippen LogP contribution in [0.1, 0.15) is 284 Å². The molecule has 0 aliphatic carbocycles. The minimum Gasteiger partial charge on any atom is -0.462 e. The fourth-order valence-electron chi connectivity index (χ4n) is 7.96. The smallest absolute Gasteiger partial charge is 0.306 e. The first-order valence-electron chi connectivity index (χ1n) is 27.6. The number of hydrogen-bond acceptors (Lipinski definition) is 6. The summed E-state index contributed by atoms with van der Waals surface area (Å²) in [6, 6.07) is 0. The summed E-state index contributed by atoms with van der Waals surface area (Å²) in [6.07, 6.45) is 64.7. The van der Waals surface area contributed by atoms with Crippen molar-refractivity contribution in [3.8, 4) is 0 Å². The molecule has 0 radical (unpaired) electrons. The van der Waals surface area contributed by atoms with Gasteiger partial charge in [-0.25, -0.2) is 0 Å². The molecular weight excluding hydrogens is 793 g/mol. The summed E-state index contributed by atoms with van der Waals surface area (Å²) in [5, 5.41) is 0. The average molecular weight is 897 g/mol. The van der Waals surface area contributed by atoms with Gasteiger partial charge in [0.15, 0.2) is 6.10 Å². The number of carbonyl (C=O) groups is 3. The quantitative estimate of drug-likeness (QED) is 0.0262. The van der Waals surface area contributed by atoms with E-state index in [1.54, 1.807) is 0 Å². The van der Waals surface area contributed by atoms with Crippen LogP contribution in [-0.4, -0.2) is 37.2 Å². The van der Waals surface area contributed by atoms with Crippen molar-refractivity contribution in [1.82, 2.24) is 0 Å². The minimum absolute atomic E-state index is 0.0684. The molecule has 0 N–H and O–H groups in total. The zero-order valence-corrected chi connectivity index (χ0v) is 42.6. The van der Waals surface area contributed by atoms with Crippen LogP contribution in [0.25, 0.3) is 0 Å². The van der Waals surface area contributed by atoms with Gasteiger partial charge in [-0.1, -0.05) is 256 Å². The van der Waals surface area contributed by atoms with Crippen LogP contribution in [0.3, 0.4) is 0 Å². The third-order valence-electron chi connectivity index (χ3n) is 12.1. The SMILES string of the molecule is CC/C=C\C/C=C\C/C=C\C/C=C\CCCCCCCCCCCCCCCCCCCCCCC(=O)OCC(COC(=O)CCCCCCC)OC(=O)CCCCCCCCCC. The molecule has 64 heavy (non-hydrogen) atoms. The molecule has 0 saturated carbocycles. The van der Waals surface area contributed by atoms with Crippen LogP contribution >= 0.6 is 0 Å². The molecule has 0 amide bonds. The van der Waals surface area contributed by atoms with Gasteiger partial charge in [0.05, 0.1) is 0 Å². The molecule has 0 aromatic carbocycles. The molecule has 0 fully saturated rings. The molecule has 0 rings (SSSR count). The normalized spacial score (nSPS) is 12.4. The van der Waals surface area contributed by atoms with E-state index in [0.717, 1.165) is 89.9 Å². The van der Waals surface area contributed by atoms with Gasteiger partial charge >= 0.3 is 17.9 Å². The van der Waals surface area contributed by atoms with Crippen molar-refractivity contribution < 1.29 is 28.6 Å². The van der Waals surface area contributed by atoms with Gasteiger partial charge in [0.2, 0.25) is 0 Å². The van der Waals surface area contributed by atoms with E-state index in [1.807, 2.05) is 0 Å². The first-order valence-corrected chi connectivity index (χ1v) is 27.6. The van der Waals surface area contributed by atoms with E-state index >= 15 is 0 Å². The van der Waals surface area contributed by atoms with Crippen molar-refractivity contribution in [3.05, 3.63) is 48.6 Å². The fraction of sp³-hybridized carbons (Fsp3) is 0.810. The molecule has 0 heterocycles. The molecule has 372 valence electrons. The van der Waals surface area contributed by atoms with Crippen molar-refractivity contribution in [1.29, 1.82) is 0 Å². The van der Waals surface area contributed by atoms with E-state index in [-0.39, 0.29) is 31.1 Å². The Bertz CT molecular complexity index is 1120. The maximum Gasteiger partial charge on any atom is 0.306 e. The van der Waals surface area contributed by atoms with Gasteiger partial charge in [-0.2, -0.15) is 0 Å². The van der Waals surface area contributed by atoms with Crippen molar-refractivity contribution in [2.75, 3.05) is 13.2 Å². The molecule has 6 nitrogen and oxygen atoms in total. The Kier molecular flexibility index (Phi) is 50.8. The summed E-state index contributed by atoms with van der Waals surface area (Å²) in [7, 11) is 0. The van der Waals surface area contributed by atoms with Gasteiger partial charge in [0.25, 0.3) is 0 Å². The van der Waals surface area contributed by atoms with E-state index in [4.69, 9.17) is 14.2 Å². The molecule has 0 aromatic rings. The summed E-state index contributed by atoms with van der Waals surface area (Å²) in [5.74, 6) is -0.878. The summed E-state index contributed by atoms with van der Waals surface area (Å²) in [6.45, 7) is 6.43. The second kappa shape index (κ2) is 53.0. The van der Waals surface area contributed by atoms with Gasteiger partial charge in [-0.05, 0) is 57.8 Å². The third kappa shape index (κ3) is 50.4. The Hall–Kier alpha value is -2.63. The summed E-state index contributed by atoms with van der Waals surface area (Å²) < 4.78 is 16.6. The lowest BCUT2D eigenvalue weighted by molar-refractivity contribution is -0.167. The van der Waals surface area contributed by atoms with Crippen LogP contribution < -0.4 is 0 Å². The van der Waals surface area contributed by atoms with Crippen LogP contribution in [0.2, 0.25) is 0 Å². The van der Waals surface area contributed by atoms with Gasteiger partial charge in [0.1, 0.15) is 13.2 Å². The number of esters is 3. The Morgan fingerprint density at radius 2 is 0.609 bits per heavy atom. The Morgan fingerprint density at radius 3 is 0.953 bits per heavy atom. The molecule has 0 bridgehead atoms. The molecule has 0 aromatic heterocycles. The van der Waals surface area contributed by atoms with Crippen molar-refractivity contribution in [3.63, 3.8) is 0 Å². The summed E-state index contributed by atoms with van der Waals surface area (Å²) in [4.78, 5) is 37.5. The van der Waals surface area contributed by atoms with Crippen molar-refractivity contribution in [2.24, 2.45) is 0 Å². The standard InChI is InChI=1S/C58H104O6/c1-4-7-10-13-15-17-18-19-20-21-22-23-24-25-26-27-28-29-30-31-32-33-34-35-36-37-38-39-40-41-43-45-48-51-57(60)63-54-55(53-62-56(59)50-47-44-12-9-6-3)64-58(61)52-49-46-42-16-14-11-8-5-2/h7,10,15,17,19-20,22-23,55H,4-6,8-9,11-14,16,18,21,24-54H2,1-3H3/b10-7-,17-15-,20-19-,23-22-. The minimum atomic E-state index is -0.761. The second-order valence-electron chi connectivity index (χ2n) is 18.5. The number of ether oxygens (including phenoxy) is 3. The predicted octanol–water partition coefficient (Wildman–Crippen LogP) is 18.3. The monoisotopic (exact) mass is 897 g/mol. The van der Waals surface area contributed by atoms with Crippen LogP contribution in [0.5, 0.6) is 0 Å². The Morgan fingerprint density at radius 1 is 0.328 bits per heavy atom. The first kappa shape index (κ1) is 61.4. The van der Waals surface area contributed by atoms with E-state index in [2.05, 4.69) is 69.4 Å². The van der Waals surface area contributed by atoms with E-state index < -0.39 is 6.10 Å². The van der Waals surface area contributed by atoms with E-state index in [9.17, 15) is 14.4 Å². The second-order valence-corrected chi connectivity index (χ2v) is 18.5. The summed E-state index contributed by atoms with van der Waals surface area (Å²) in [5.41, 5.74) is 0. The topological polar surface area (TPSA) is 78.9 Å². The molecule has 6 heteroatoms. The zero-order chi connectivity index (χ0) is 46.5. The highest BCUT2D eigenvalue weighted by molar-refractivity contribution is 5.71. The number of hydrogen-bond donors (Lipinski definition) is 0. The van der Waals surface area contributed by atoms with Gasteiger partial charge < -0.3 is 14.2 Å². The molecule has 0 aliphatic rings. The van der Waals surface area contributed by atoms with Crippen molar-refractivity contribution in [2.45, 2.75) is 290 Å². The molecular formula is C58H104O6. The van der Waals surface area contributed by atoms with E-state index in [0.29, 0.717) is 19.3 Å². The van der Waals surface area contributed by atoms with Gasteiger partial charge in [-0.15, -0.1) is 0 Å². The van der Waals surface area contributed by atoms with Crippen LogP contribution in [0.4, 0.5) is 0 Å². The maximum absolute atomic E-state index is 12.6. The zero-order valence-electron chi connectivity index (χ0n) is 42.6. The number of rotatable bonds is 50. The average Bonchev–Trinajstić information content (AvgIpc) is 3.29. The molecule has 1 unspecified atom stereocenters. The lowest BCUT2D eigenvalue weighted by atomic mass is 10.0.